The second-order valence-electron chi connectivity index (χ2n) is 8.10. The Morgan fingerprint density at radius 2 is 1.92 bits per heavy atom. The van der Waals surface area contributed by atoms with Gasteiger partial charge in [0.2, 0.25) is 0 Å². The number of guanidine groups is 1. The van der Waals surface area contributed by atoms with Gasteiger partial charge in [0, 0.05) is 46.1 Å². The third-order valence-corrected chi connectivity index (χ3v) is 6.43. The molecule has 0 atom stereocenters. The molecule has 3 aliphatic rings. The van der Waals surface area contributed by atoms with E-state index in [1.807, 2.05) is 7.05 Å². The number of rotatable bonds is 3. The predicted octanol–water partition coefficient (Wildman–Crippen LogP) is 3.01. The van der Waals surface area contributed by atoms with E-state index in [0.29, 0.717) is 5.41 Å². The Balaban J connectivity index is 0.00000196. The van der Waals surface area contributed by atoms with Gasteiger partial charge in [0.05, 0.1) is 0 Å². The normalized spacial score (nSPS) is 22.2. The highest BCUT2D eigenvalue weighted by atomic mass is 127. The minimum absolute atomic E-state index is 0. The van der Waals surface area contributed by atoms with Crippen molar-refractivity contribution in [1.29, 1.82) is 0 Å². The van der Waals surface area contributed by atoms with Gasteiger partial charge < -0.3 is 14.8 Å². The van der Waals surface area contributed by atoms with Crippen LogP contribution in [0.15, 0.2) is 4.99 Å². The Morgan fingerprint density at radius 3 is 2.73 bits per heavy atom. The van der Waals surface area contributed by atoms with Gasteiger partial charge in [-0.05, 0) is 37.5 Å². The van der Waals surface area contributed by atoms with E-state index in [1.165, 1.54) is 63.7 Å². The molecule has 26 heavy (non-hydrogen) atoms. The molecule has 1 saturated heterocycles. The van der Waals surface area contributed by atoms with Gasteiger partial charge in [-0.3, -0.25) is 4.99 Å². The summed E-state index contributed by atoms with van der Waals surface area (Å²) in [6.45, 7) is 4.31. The zero-order valence-corrected chi connectivity index (χ0v) is 18.4. The van der Waals surface area contributed by atoms with E-state index < -0.39 is 0 Å². The SMILES string of the molecule is CN=C(NCCc1nnc2n1CCCCC2)N1CCC2(CCCC2)C1.I. The second-order valence-corrected chi connectivity index (χ2v) is 8.10. The average Bonchev–Trinajstić information content (AvgIpc) is 3.31. The quantitative estimate of drug-likeness (QED) is 0.418. The maximum absolute atomic E-state index is 4.53. The number of hydrogen-bond acceptors (Lipinski definition) is 3. The number of aliphatic imine (C=N–C) groups is 1. The van der Waals surface area contributed by atoms with Crippen LogP contribution in [0, 0.1) is 5.41 Å². The molecular weight excluding hydrogens is 439 g/mol. The maximum atomic E-state index is 4.53. The first kappa shape index (κ1) is 19.9. The molecule has 0 aromatic carbocycles. The van der Waals surface area contributed by atoms with Gasteiger partial charge in [0.25, 0.3) is 0 Å². The lowest BCUT2D eigenvalue weighted by molar-refractivity contribution is 0.309. The zero-order valence-electron chi connectivity index (χ0n) is 16.0. The van der Waals surface area contributed by atoms with Crippen LogP contribution in [-0.2, 0) is 19.4 Å². The molecule has 0 amide bonds. The molecule has 1 N–H and O–H groups in total. The van der Waals surface area contributed by atoms with E-state index in [9.17, 15) is 0 Å². The lowest BCUT2D eigenvalue weighted by Crippen LogP contribution is -2.41. The van der Waals surface area contributed by atoms with E-state index in [2.05, 4.69) is 30.0 Å². The smallest absolute Gasteiger partial charge is 0.193 e. The Bertz CT molecular complexity index is 620. The Hall–Kier alpha value is -0.860. The van der Waals surface area contributed by atoms with Crippen molar-refractivity contribution in [1.82, 2.24) is 25.0 Å². The highest BCUT2D eigenvalue weighted by Gasteiger charge is 2.41. The lowest BCUT2D eigenvalue weighted by atomic mass is 9.86. The molecule has 1 aromatic heterocycles. The number of hydrogen-bond donors (Lipinski definition) is 1. The van der Waals surface area contributed by atoms with Crippen LogP contribution >= 0.6 is 24.0 Å². The summed E-state index contributed by atoms with van der Waals surface area (Å²) in [5.41, 5.74) is 0.585. The first-order valence-electron chi connectivity index (χ1n) is 10.2. The molecule has 7 heteroatoms. The van der Waals surface area contributed by atoms with Gasteiger partial charge in [-0.25, -0.2) is 0 Å². The summed E-state index contributed by atoms with van der Waals surface area (Å²) in [6, 6.07) is 0. The number of aryl methyl sites for hydroxylation is 1. The largest absolute Gasteiger partial charge is 0.356 e. The highest BCUT2D eigenvalue weighted by Crippen LogP contribution is 2.45. The molecular formula is C19H33IN6. The van der Waals surface area contributed by atoms with Crippen molar-refractivity contribution in [2.45, 2.75) is 70.8 Å². The van der Waals surface area contributed by atoms with Crippen molar-refractivity contribution in [2.75, 3.05) is 26.7 Å². The fraction of sp³-hybridized carbons (Fsp3) is 0.842. The van der Waals surface area contributed by atoms with Crippen LogP contribution in [-0.4, -0.2) is 52.3 Å². The van der Waals surface area contributed by atoms with Gasteiger partial charge in [-0.15, -0.1) is 34.2 Å². The third kappa shape index (κ3) is 4.17. The van der Waals surface area contributed by atoms with E-state index in [0.717, 1.165) is 44.3 Å². The van der Waals surface area contributed by atoms with Crippen LogP contribution in [0.2, 0.25) is 0 Å². The first-order valence-corrected chi connectivity index (χ1v) is 10.2. The summed E-state index contributed by atoms with van der Waals surface area (Å²) in [7, 11) is 1.91. The molecule has 6 nitrogen and oxygen atoms in total. The van der Waals surface area contributed by atoms with Crippen molar-refractivity contribution in [3.63, 3.8) is 0 Å². The maximum Gasteiger partial charge on any atom is 0.193 e. The average molecular weight is 472 g/mol. The van der Waals surface area contributed by atoms with Gasteiger partial charge in [-0.2, -0.15) is 0 Å². The van der Waals surface area contributed by atoms with Gasteiger partial charge >= 0.3 is 0 Å². The van der Waals surface area contributed by atoms with Crippen molar-refractivity contribution in [2.24, 2.45) is 10.4 Å². The van der Waals surface area contributed by atoms with Gasteiger partial charge in [0.1, 0.15) is 11.6 Å². The van der Waals surface area contributed by atoms with E-state index in [1.54, 1.807) is 0 Å². The standard InChI is InChI=1S/C19H32N6.HI/c1-20-18(24-14-11-19(15-24)9-4-5-10-19)21-12-8-17-23-22-16-7-3-2-6-13-25(16)17;/h2-15H2,1H3,(H,20,21);1H. The fourth-order valence-electron chi connectivity index (χ4n) is 5.00. The Morgan fingerprint density at radius 1 is 1.08 bits per heavy atom. The molecule has 1 aromatic rings. The van der Waals surface area contributed by atoms with Crippen LogP contribution < -0.4 is 5.32 Å². The summed E-state index contributed by atoms with van der Waals surface area (Å²) in [6.07, 6.45) is 12.8. The fourth-order valence-corrected chi connectivity index (χ4v) is 5.00. The summed E-state index contributed by atoms with van der Waals surface area (Å²) >= 11 is 0. The Kier molecular flexibility index (Phi) is 6.80. The van der Waals surface area contributed by atoms with Crippen molar-refractivity contribution in [3.8, 4) is 0 Å². The van der Waals surface area contributed by atoms with Crippen LogP contribution in [0.3, 0.4) is 0 Å². The predicted molar refractivity (Wildman–Crippen MR) is 115 cm³/mol. The summed E-state index contributed by atoms with van der Waals surface area (Å²) in [4.78, 5) is 7.00. The Labute approximate surface area is 174 Å². The van der Waals surface area contributed by atoms with Crippen LogP contribution in [0.25, 0.3) is 0 Å². The highest BCUT2D eigenvalue weighted by molar-refractivity contribution is 14.0. The molecule has 1 aliphatic carbocycles. The molecule has 146 valence electrons. The zero-order chi connectivity index (χ0) is 17.1. The van der Waals surface area contributed by atoms with Crippen molar-refractivity contribution < 1.29 is 0 Å². The number of fused-ring (bicyclic) bond motifs is 1. The van der Waals surface area contributed by atoms with Crippen LogP contribution in [0.4, 0.5) is 0 Å². The number of likely N-dealkylation sites (tertiary alicyclic amines) is 1. The topological polar surface area (TPSA) is 58.3 Å². The van der Waals surface area contributed by atoms with E-state index in [4.69, 9.17) is 0 Å². The summed E-state index contributed by atoms with van der Waals surface area (Å²) in [5, 5.41) is 12.4. The molecule has 1 saturated carbocycles. The molecule has 3 heterocycles. The molecule has 1 spiro atoms. The molecule has 0 bridgehead atoms. The second kappa shape index (κ2) is 8.89. The van der Waals surface area contributed by atoms with Crippen molar-refractivity contribution >= 4 is 29.9 Å². The monoisotopic (exact) mass is 472 g/mol. The number of nitrogens with zero attached hydrogens (tertiary/aromatic N) is 5. The minimum atomic E-state index is 0. The lowest BCUT2D eigenvalue weighted by Gasteiger charge is -2.25. The van der Waals surface area contributed by atoms with E-state index >= 15 is 0 Å². The van der Waals surface area contributed by atoms with E-state index in [-0.39, 0.29) is 24.0 Å². The molecule has 2 aliphatic heterocycles. The summed E-state index contributed by atoms with van der Waals surface area (Å²) in [5.74, 6) is 3.38. The molecule has 0 radical (unpaired) electrons. The minimum Gasteiger partial charge on any atom is -0.356 e. The third-order valence-electron chi connectivity index (χ3n) is 6.43. The van der Waals surface area contributed by atoms with Crippen LogP contribution in [0.5, 0.6) is 0 Å². The van der Waals surface area contributed by atoms with Crippen LogP contribution in [0.1, 0.15) is 63.0 Å². The number of halogens is 1. The van der Waals surface area contributed by atoms with Crippen molar-refractivity contribution in [3.05, 3.63) is 11.6 Å². The number of nitrogens with one attached hydrogen (secondary N) is 1. The van der Waals surface area contributed by atoms with Gasteiger partial charge in [0.15, 0.2) is 5.96 Å². The molecule has 2 fully saturated rings. The molecule has 0 unspecified atom stereocenters. The number of aromatic nitrogens is 3. The molecule has 4 rings (SSSR count). The van der Waals surface area contributed by atoms with Gasteiger partial charge in [-0.1, -0.05) is 19.3 Å². The first-order chi connectivity index (χ1) is 12.3. The summed E-state index contributed by atoms with van der Waals surface area (Å²) < 4.78 is 2.35.